The predicted molar refractivity (Wildman–Crippen MR) is 80.0 cm³/mol. The van der Waals surface area contributed by atoms with Crippen molar-refractivity contribution < 1.29 is 4.74 Å². The fourth-order valence-electron chi connectivity index (χ4n) is 1.63. The van der Waals surface area contributed by atoms with Crippen molar-refractivity contribution in [1.82, 2.24) is 0 Å². The van der Waals surface area contributed by atoms with Gasteiger partial charge in [-0.15, -0.1) is 11.3 Å². The number of ether oxygens (including phenoxy) is 1. The lowest BCUT2D eigenvalue weighted by molar-refractivity contribution is 0.309. The molecule has 0 amide bonds. The Hall–Kier alpha value is -0.840. The van der Waals surface area contributed by atoms with Gasteiger partial charge in [-0.2, -0.15) is 0 Å². The Labute approximate surface area is 120 Å². The second-order valence-electron chi connectivity index (χ2n) is 4.10. The Morgan fingerprint density at radius 1 is 1.33 bits per heavy atom. The summed E-state index contributed by atoms with van der Waals surface area (Å²) < 4.78 is 6.83. The van der Waals surface area contributed by atoms with Gasteiger partial charge >= 0.3 is 0 Å². The van der Waals surface area contributed by atoms with Crippen LogP contribution in [0.4, 0.5) is 0 Å². The average molecular weight is 326 g/mol. The van der Waals surface area contributed by atoms with Crippen molar-refractivity contribution >= 4 is 27.3 Å². The first-order valence-corrected chi connectivity index (χ1v) is 7.57. The standard InChI is InChI=1S/C14H16BrNOS/c1-2-14(16)10-3-5-12(6-4-10)17-8-13-7-11(15)9-18-13/h3-7,9,14H,2,8,16H2,1H3/t14-/m1/s1. The molecule has 2 nitrogen and oxygen atoms in total. The molecule has 96 valence electrons. The highest BCUT2D eigenvalue weighted by atomic mass is 79.9. The molecule has 1 atom stereocenters. The smallest absolute Gasteiger partial charge is 0.122 e. The SMILES string of the molecule is CC[C@@H](N)c1ccc(OCc2cc(Br)cs2)cc1. The van der Waals surface area contributed by atoms with E-state index in [-0.39, 0.29) is 6.04 Å². The molecule has 0 aliphatic carbocycles. The minimum Gasteiger partial charge on any atom is -0.488 e. The molecule has 0 spiro atoms. The van der Waals surface area contributed by atoms with Gasteiger partial charge in [-0.1, -0.05) is 19.1 Å². The summed E-state index contributed by atoms with van der Waals surface area (Å²) in [5.74, 6) is 0.881. The third-order valence-electron chi connectivity index (χ3n) is 2.75. The highest BCUT2D eigenvalue weighted by Gasteiger charge is 2.03. The van der Waals surface area contributed by atoms with Crippen LogP contribution in [0.1, 0.15) is 29.8 Å². The topological polar surface area (TPSA) is 35.2 Å². The van der Waals surface area contributed by atoms with Gasteiger partial charge in [-0.05, 0) is 46.1 Å². The summed E-state index contributed by atoms with van der Waals surface area (Å²) in [7, 11) is 0. The number of nitrogens with two attached hydrogens (primary N) is 1. The lowest BCUT2D eigenvalue weighted by Crippen LogP contribution is -2.08. The number of hydrogen-bond acceptors (Lipinski definition) is 3. The number of halogens is 1. The molecule has 0 aliphatic heterocycles. The van der Waals surface area contributed by atoms with Gasteiger partial charge in [-0.3, -0.25) is 0 Å². The van der Waals surface area contributed by atoms with Crippen LogP contribution in [-0.4, -0.2) is 0 Å². The normalized spacial score (nSPS) is 12.4. The van der Waals surface area contributed by atoms with Crippen LogP contribution in [0.15, 0.2) is 40.2 Å². The maximum absolute atomic E-state index is 5.97. The molecule has 0 aliphatic rings. The highest BCUT2D eigenvalue weighted by molar-refractivity contribution is 9.10. The number of benzene rings is 1. The van der Waals surface area contributed by atoms with Crippen molar-refractivity contribution in [1.29, 1.82) is 0 Å². The lowest BCUT2D eigenvalue weighted by Gasteiger charge is -2.10. The Morgan fingerprint density at radius 2 is 2.06 bits per heavy atom. The largest absolute Gasteiger partial charge is 0.488 e. The zero-order chi connectivity index (χ0) is 13.0. The summed E-state index contributed by atoms with van der Waals surface area (Å²) in [4.78, 5) is 1.20. The third kappa shape index (κ3) is 3.57. The van der Waals surface area contributed by atoms with Crippen LogP contribution < -0.4 is 10.5 Å². The second kappa shape index (κ2) is 6.36. The van der Waals surface area contributed by atoms with Crippen LogP contribution in [0.5, 0.6) is 5.75 Å². The quantitative estimate of drug-likeness (QED) is 0.878. The Bertz CT molecular complexity index is 495. The van der Waals surface area contributed by atoms with Gasteiger partial charge in [0.2, 0.25) is 0 Å². The molecule has 2 aromatic rings. The summed E-state index contributed by atoms with van der Waals surface area (Å²) >= 11 is 5.12. The van der Waals surface area contributed by atoms with Gasteiger partial charge in [0, 0.05) is 20.8 Å². The monoisotopic (exact) mass is 325 g/mol. The van der Waals surface area contributed by atoms with Crippen molar-refractivity contribution in [3.05, 3.63) is 50.6 Å². The minimum atomic E-state index is 0.118. The average Bonchev–Trinajstić information content (AvgIpc) is 2.82. The van der Waals surface area contributed by atoms with E-state index in [1.807, 2.05) is 24.3 Å². The summed E-state index contributed by atoms with van der Waals surface area (Å²) in [5.41, 5.74) is 7.12. The van der Waals surface area contributed by atoms with E-state index >= 15 is 0 Å². The van der Waals surface area contributed by atoms with E-state index in [0.29, 0.717) is 6.61 Å². The fraction of sp³-hybridized carbons (Fsp3) is 0.286. The molecule has 4 heteroatoms. The van der Waals surface area contributed by atoms with Gasteiger partial charge in [0.1, 0.15) is 12.4 Å². The van der Waals surface area contributed by atoms with Gasteiger partial charge in [0.05, 0.1) is 0 Å². The van der Waals surface area contributed by atoms with E-state index in [0.717, 1.165) is 22.2 Å². The molecule has 0 unspecified atom stereocenters. The Balaban J connectivity index is 1.94. The molecular weight excluding hydrogens is 310 g/mol. The van der Waals surface area contributed by atoms with E-state index in [1.165, 1.54) is 4.88 Å². The van der Waals surface area contributed by atoms with E-state index in [2.05, 4.69) is 34.3 Å². The predicted octanol–water partition coefficient (Wildman–Crippen LogP) is 4.50. The molecule has 0 radical (unpaired) electrons. The van der Waals surface area contributed by atoms with Gasteiger partial charge in [0.25, 0.3) is 0 Å². The van der Waals surface area contributed by atoms with Crippen LogP contribution in [-0.2, 0) is 6.61 Å². The third-order valence-corrected chi connectivity index (χ3v) is 4.42. The highest BCUT2D eigenvalue weighted by Crippen LogP contribution is 2.23. The summed E-state index contributed by atoms with van der Waals surface area (Å²) in [6, 6.07) is 10.2. The molecule has 1 aromatic carbocycles. The van der Waals surface area contributed by atoms with Crippen LogP contribution in [0.25, 0.3) is 0 Å². The van der Waals surface area contributed by atoms with Crippen molar-refractivity contribution in [2.45, 2.75) is 26.0 Å². The maximum atomic E-state index is 5.97. The first-order chi connectivity index (χ1) is 8.69. The molecule has 0 bridgehead atoms. The molecule has 18 heavy (non-hydrogen) atoms. The fourth-order valence-corrected chi connectivity index (χ4v) is 2.99. The Morgan fingerprint density at radius 3 is 2.61 bits per heavy atom. The second-order valence-corrected chi connectivity index (χ2v) is 6.02. The van der Waals surface area contributed by atoms with Crippen molar-refractivity contribution in [2.24, 2.45) is 5.73 Å². The molecule has 1 aromatic heterocycles. The van der Waals surface area contributed by atoms with Crippen LogP contribution in [0.3, 0.4) is 0 Å². The number of thiophene rings is 1. The number of rotatable bonds is 5. The maximum Gasteiger partial charge on any atom is 0.122 e. The van der Waals surface area contributed by atoms with E-state index in [1.54, 1.807) is 11.3 Å². The molecule has 1 heterocycles. The molecular formula is C14H16BrNOS. The molecule has 2 N–H and O–H groups in total. The van der Waals surface area contributed by atoms with Gasteiger partial charge in [0.15, 0.2) is 0 Å². The van der Waals surface area contributed by atoms with Gasteiger partial charge in [-0.25, -0.2) is 0 Å². The first kappa shape index (κ1) is 13.6. The summed E-state index contributed by atoms with van der Waals surface area (Å²) in [5, 5.41) is 2.06. The molecule has 0 saturated heterocycles. The van der Waals surface area contributed by atoms with Crippen molar-refractivity contribution in [2.75, 3.05) is 0 Å². The van der Waals surface area contributed by atoms with Gasteiger partial charge < -0.3 is 10.5 Å². The van der Waals surface area contributed by atoms with Crippen molar-refractivity contribution in [3.8, 4) is 5.75 Å². The zero-order valence-corrected chi connectivity index (χ0v) is 12.6. The zero-order valence-electron chi connectivity index (χ0n) is 10.2. The van der Waals surface area contributed by atoms with Crippen molar-refractivity contribution in [3.63, 3.8) is 0 Å². The Kier molecular flexibility index (Phi) is 4.80. The molecule has 0 saturated carbocycles. The van der Waals surface area contributed by atoms with E-state index in [4.69, 9.17) is 10.5 Å². The van der Waals surface area contributed by atoms with E-state index in [9.17, 15) is 0 Å². The van der Waals surface area contributed by atoms with E-state index < -0.39 is 0 Å². The minimum absolute atomic E-state index is 0.118. The van der Waals surface area contributed by atoms with Crippen LogP contribution in [0, 0.1) is 0 Å². The molecule has 2 rings (SSSR count). The van der Waals surface area contributed by atoms with Crippen LogP contribution >= 0.6 is 27.3 Å². The summed E-state index contributed by atoms with van der Waals surface area (Å²) in [6.45, 7) is 2.69. The number of hydrogen-bond donors (Lipinski definition) is 1. The van der Waals surface area contributed by atoms with Crippen LogP contribution in [0.2, 0.25) is 0 Å². The lowest BCUT2D eigenvalue weighted by atomic mass is 10.1. The first-order valence-electron chi connectivity index (χ1n) is 5.90. The summed E-state index contributed by atoms with van der Waals surface area (Å²) in [6.07, 6.45) is 0.948. The molecule has 0 fully saturated rings.